The number of aryl methyl sites for hydroxylation is 1. The summed E-state index contributed by atoms with van der Waals surface area (Å²) < 4.78 is 0. The van der Waals surface area contributed by atoms with Crippen molar-refractivity contribution in [1.29, 1.82) is 0 Å². The van der Waals surface area contributed by atoms with E-state index in [2.05, 4.69) is 4.98 Å². The van der Waals surface area contributed by atoms with Crippen LogP contribution in [0.25, 0.3) is 0 Å². The number of nitrogens with zero attached hydrogens (tertiary/aromatic N) is 1. The van der Waals surface area contributed by atoms with Gasteiger partial charge in [0.25, 0.3) is 0 Å². The van der Waals surface area contributed by atoms with Crippen LogP contribution in [0.3, 0.4) is 0 Å². The van der Waals surface area contributed by atoms with Crippen LogP contribution in [0.1, 0.15) is 18.3 Å². The van der Waals surface area contributed by atoms with E-state index >= 15 is 0 Å². The van der Waals surface area contributed by atoms with Crippen molar-refractivity contribution in [2.75, 3.05) is 0 Å². The summed E-state index contributed by atoms with van der Waals surface area (Å²) in [6.07, 6.45) is -0.000648. The lowest BCUT2D eigenvalue weighted by Gasteiger charge is -2.20. The van der Waals surface area contributed by atoms with Crippen LogP contribution in [0.5, 0.6) is 0 Å². The third-order valence-electron chi connectivity index (χ3n) is 2.50. The molecule has 0 saturated carbocycles. The molecule has 1 atom stereocenters. The monoisotopic (exact) mass is 222 g/mol. The predicted octanol–water partition coefficient (Wildman–Crippen LogP) is 0.509. The zero-order valence-electron chi connectivity index (χ0n) is 9.23. The summed E-state index contributed by atoms with van der Waals surface area (Å²) >= 11 is 0. The van der Waals surface area contributed by atoms with Crippen molar-refractivity contribution >= 4 is 11.9 Å². The zero-order chi connectivity index (χ0) is 12.3. The second kappa shape index (κ2) is 4.30. The molecule has 3 N–H and O–H groups in total. The topological polar surface area (TPSA) is 93.3 Å². The first-order valence-corrected chi connectivity index (χ1v) is 4.82. The third kappa shape index (κ3) is 2.36. The highest BCUT2D eigenvalue weighted by molar-refractivity contribution is 6.00. The average Bonchev–Trinajstić information content (AvgIpc) is 2.16. The van der Waals surface area contributed by atoms with Crippen molar-refractivity contribution in [3.8, 4) is 0 Å². The van der Waals surface area contributed by atoms with Gasteiger partial charge in [-0.3, -0.25) is 14.6 Å². The van der Waals surface area contributed by atoms with Crippen molar-refractivity contribution < 1.29 is 14.7 Å². The molecular weight excluding hydrogens is 208 g/mol. The molecule has 0 aromatic carbocycles. The van der Waals surface area contributed by atoms with Gasteiger partial charge < -0.3 is 10.8 Å². The number of carboxylic acid groups (broad SMARTS) is 1. The van der Waals surface area contributed by atoms with Gasteiger partial charge in [-0.2, -0.15) is 0 Å². The van der Waals surface area contributed by atoms with E-state index in [1.807, 2.05) is 0 Å². The molecule has 0 saturated heterocycles. The minimum Gasteiger partial charge on any atom is -0.480 e. The van der Waals surface area contributed by atoms with Gasteiger partial charge in [0.2, 0.25) is 5.91 Å². The van der Waals surface area contributed by atoms with Gasteiger partial charge in [0.15, 0.2) is 0 Å². The summed E-state index contributed by atoms with van der Waals surface area (Å²) in [5, 5.41) is 9.00. The number of aromatic nitrogens is 1. The Balaban J connectivity index is 3.02. The average molecular weight is 222 g/mol. The van der Waals surface area contributed by atoms with E-state index in [1.54, 1.807) is 25.1 Å². The number of carboxylic acids is 1. The Labute approximate surface area is 93.3 Å². The maximum absolute atomic E-state index is 11.2. The maximum atomic E-state index is 11.2. The fourth-order valence-electron chi connectivity index (χ4n) is 1.33. The molecule has 5 nitrogen and oxygen atoms in total. The van der Waals surface area contributed by atoms with E-state index in [9.17, 15) is 9.59 Å². The standard InChI is InChI=1S/C11H14N2O3/c1-7-4-3-5-8(13-7)6-11(2,9(12)14)10(15)16/h3-5H,6H2,1-2H3,(H2,12,14)(H,15,16). The number of aliphatic carboxylic acids is 1. The molecule has 1 rings (SSSR count). The molecule has 0 spiro atoms. The summed E-state index contributed by atoms with van der Waals surface area (Å²) in [6.45, 7) is 3.10. The van der Waals surface area contributed by atoms with E-state index in [-0.39, 0.29) is 6.42 Å². The number of carbonyl (C=O) groups excluding carboxylic acids is 1. The quantitative estimate of drug-likeness (QED) is 0.726. The molecule has 0 radical (unpaired) electrons. The molecule has 0 bridgehead atoms. The molecule has 1 unspecified atom stereocenters. The van der Waals surface area contributed by atoms with Gasteiger partial charge in [-0.1, -0.05) is 6.07 Å². The Morgan fingerprint density at radius 3 is 2.56 bits per heavy atom. The number of hydrogen-bond acceptors (Lipinski definition) is 3. The summed E-state index contributed by atoms with van der Waals surface area (Å²) in [5.41, 5.74) is 4.82. The van der Waals surface area contributed by atoms with Crippen LogP contribution >= 0.6 is 0 Å². The molecule has 5 heteroatoms. The highest BCUT2D eigenvalue weighted by Gasteiger charge is 2.40. The van der Waals surface area contributed by atoms with E-state index in [0.717, 1.165) is 5.69 Å². The Morgan fingerprint density at radius 1 is 1.50 bits per heavy atom. The van der Waals surface area contributed by atoms with Crippen LogP contribution in [0, 0.1) is 12.3 Å². The summed E-state index contributed by atoms with van der Waals surface area (Å²) in [5.74, 6) is -2.09. The highest BCUT2D eigenvalue weighted by atomic mass is 16.4. The maximum Gasteiger partial charge on any atom is 0.319 e. The van der Waals surface area contributed by atoms with Crippen LogP contribution < -0.4 is 5.73 Å². The number of pyridine rings is 1. The lowest BCUT2D eigenvalue weighted by Crippen LogP contribution is -2.43. The fraction of sp³-hybridized carbons (Fsp3) is 0.364. The van der Waals surface area contributed by atoms with Crippen LogP contribution in [0.4, 0.5) is 0 Å². The number of amides is 1. The van der Waals surface area contributed by atoms with Gasteiger partial charge in [-0.15, -0.1) is 0 Å². The minimum absolute atomic E-state index is 0.000648. The zero-order valence-corrected chi connectivity index (χ0v) is 9.23. The SMILES string of the molecule is Cc1cccc(CC(C)(C(N)=O)C(=O)O)n1. The van der Waals surface area contributed by atoms with Crippen LogP contribution in [0.2, 0.25) is 0 Å². The first-order valence-electron chi connectivity index (χ1n) is 4.82. The number of rotatable bonds is 4. The van der Waals surface area contributed by atoms with E-state index in [0.29, 0.717) is 5.69 Å². The summed E-state index contributed by atoms with van der Waals surface area (Å²) in [6, 6.07) is 5.24. The Bertz CT molecular complexity index is 415. The third-order valence-corrected chi connectivity index (χ3v) is 2.50. The van der Waals surface area contributed by atoms with Crippen LogP contribution in [0.15, 0.2) is 18.2 Å². The highest BCUT2D eigenvalue weighted by Crippen LogP contribution is 2.21. The summed E-state index contributed by atoms with van der Waals surface area (Å²) in [4.78, 5) is 26.3. The minimum atomic E-state index is -1.61. The molecule has 1 aromatic heterocycles. The predicted molar refractivity (Wildman–Crippen MR) is 57.6 cm³/mol. The first kappa shape index (κ1) is 12.2. The van der Waals surface area contributed by atoms with Gasteiger partial charge in [0.05, 0.1) is 0 Å². The number of primary amides is 1. The Morgan fingerprint density at radius 2 is 2.12 bits per heavy atom. The van der Waals surface area contributed by atoms with Gasteiger partial charge in [-0.05, 0) is 26.0 Å². The molecular formula is C11H14N2O3. The molecule has 0 aliphatic rings. The largest absolute Gasteiger partial charge is 0.480 e. The molecule has 16 heavy (non-hydrogen) atoms. The van der Waals surface area contributed by atoms with E-state index in [4.69, 9.17) is 10.8 Å². The van der Waals surface area contributed by atoms with Crippen molar-refractivity contribution in [1.82, 2.24) is 4.98 Å². The van der Waals surface area contributed by atoms with Crippen molar-refractivity contribution in [2.45, 2.75) is 20.3 Å². The molecule has 1 aromatic rings. The van der Waals surface area contributed by atoms with Crippen molar-refractivity contribution in [3.63, 3.8) is 0 Å². The second-order valence-corrected chi connectivity index (χ2v) is 3.95. The smallest absolute Gasteiger partial charge is 0.319 e. The van der Waals surface area contributed by atoms with E-state index < -0.39 is 17.3 Å². The van der Waals surface area contributed by atoms with Crippen LogP contribution in [-0.2, 0) is 16.0 Å². The van der Waals surface area contributed by atoms with Crippen LogP contribution in [-0.4, -0.2) is 22.0 Å². The first-order chi connectivity index (χ1) is 7.36. The van der Waals surface area contributed by atoms with Gasteiger partial charge >= 0.3 is 5.97 Å². The lowest BCUT2D eigenvalue weighted by molar-refractivity contribution is -0.153. The fourth-order valence-corrected chi connectivity index (χ4v) is 1.33. The van der Waals surface area contributed by atoms with Gasteiger partial charge in [0, 0.05) is 17.8 Å². The molecule has 86 valence electrons. The van der Waals surface area contributed by atoms with Crippen molar-refractivity contribution in [3.05, 3.63) is 29.6 Å². The Kier molecular flexibility index (Phi) is 3.27. The summed E-state index contributed by atoms with van der Waals surface area (Å²) in [7, 11) is 0. The molecule has 0 fully saturated rings. The molecule has 0 aliphatic heterocycles. The number of carbonyl (C=O) groups is 2. The van der Waals surface area contributed by atoms with Crippen molar-refractivity contribution in [2.24, 2.45) is 11.1 Å². The number of nitrogens with two attached hydrogens (primary N) is 1. The lowest BCUT2D eigenvalue weighted by atomic mass is 9.84. The van der Waals surface area contributed by atoms with E-state index in [1.165, 1.54) is 6.92 Å². The van der Waals surface area contributed by atoms with Gasteiger partial charge in [-0.25, -0.2) is 0 Å². The second-order valence-electron chi connectivity index (χ2n) is 3.95. The van der Waals surface area contributed by atoms with Gasteiger partial charge in [0.1, 0.15) is 5.41 Å². The molecule has 0 aliphatic carbocycles. The number of hydrogen-bond donors (Lipinski definition) is 2. The molecule has 1 heterocycles. The normalized spacial score (nSPS) is 14.1. The Hall–Kier alpha value is -1.91. The molecule has 1 amide bonds.